The quantitative estimate of drug-likeness (QED) is 0.885. The monoisotopic (exact) mass is 282 g/mol. The lowest BCUT2D eigenvalue weighted by Crippen LogP contribution is -2.44. The Morgan fingerprint density at radius 2 is 1.62 bits per heavy atom. The van der Waals surface area contributed by atoms with Gasteiger partial charge in [-0.25, -0.2) is 0 Å². The lowest BCUT2D eigenvalue weighted by molar-refractivity contribution is -0.119. The maximum atomic E-state index is 12.5. The van der Waals surface area contributed by atoms with Gasteiger partial charge in [0.05, 0.1) is 6.04 Å². The predicted molar refractivity (Wildman–Crippen MR) is 87.2 cm³/mol. The molecule has 0 aromatic heterocycles. The van der Waals surface area contributed by atoms with Crippen LogP contribution in [0.2, 0.25) is 0 Å². The summed E-state index contributed by atoms with van der Waals surface area (Å²) in [6.07, 6.45) is 1.48. The number of benzene rings is 2. The first-order chi connectivity index (χ1) is 10.2. The molecule has 0 bridgehead atoms. The van der Waals surface area contributed by atoms with Crippen LogP contribution < -0.4 is 10.6 Å². The Hall–Kier alpha value is -2.13. The van der Waals surface area contributed by atoms with Crippen molar-refractivity contribution in [2.24, 2.45) is 5.73 Å². The van der Waals surface area contributed by atoms with Crippen molar-refractivity contribution in [1.82, 2.24) is 0 Å². The summed E-state index contributed by atoms with van der Waals surface area (Å²) >= 11 is 0. The predicted octanol–water partition coefficient (Wildman–Crippen LogP) is 3.00. The Morgan fingerprint density at radius 1 is 1.05 bits per heavy atom. The molecule has 0 saturated heterocycles. The molecule has 0 unspecified atom stereocenters. The highest BCUT2D eigenvalue weighted by Gasteiger charge is 2.20. The molecule has 0 heterocycles. The fourth-order valence-corrected chi connectivity index (χ4v) is 2.36. The maximum Gasteiger partial charge on any atom is 0.243 e. The van der Waals surface area contributed by atoms with Crippen LogP contribution in [-0.4, -0.2) is 18.5 Å². The first-order valence-corrected chi connectivity index (χ1v) is 7.38. The molecule has 0 aliphatic heterocycles. The van der Waals surface area contributed by atoms with E-state index in [2.05, 4.69) is 12.1 Å². The van der Waals surface area contributed by atoms with Crippen molar-refractivity contribution in [2.45, 2.75) is 25.8 Å². The van der Waals surface area contributed by atoms with E-state index in [4.69, 9.17) is 5.73 Å². The molecule has 0 spiro atoms. The van der Waals surface area contributed by atoms with Crippen molar-refractivity contribution < 1.29 is 4.79 Å². The molecule has 0 aliphatic carbocycles. The standard InChI is InChI=1S/C18H22N2O/c1-2-20(16-11-7-4-8-12-16)18(21)17(19)14-13-15-9-5-3-6-10-15/h3-12,17H,2,13-14,19H2,1H3/t17-/m0/s1. The Kier molecular flexibility index (Phi) is 5.52. The zero-order chi connectivity index (χ0) is 15.1. The smallest absolute Gasteiger partial charge is 0.243 e. The highest BCUT2D eigenvalue weighted by atomic mass is 16.2. The first-order valence-electron chi connectivity index (χ1n) is 7.38. The summed E-state index contributed by atoms with van der Waals surface area (Å²) in [7, 11) is 0. The van der Waals surface area contributed by atoms with E-state index in [1.54, 1.807) is 4.90 Å². The van der Waals surface area contributed by atoms with E-state index in [0.717, 1.165) is 12.1 Å². The lowest BCUT2D eigenvalue weighted by atomic mass is 10.0. The number of nitrogens with zero attached hydrogens (tertiary/aromatic N) is 1. The van der Waals surface area contributed by atoms with Crippen LogP contribution in [0.25, 0.3) is 0 Å². The highest BCUT2D eigenvalue weighted by molar-refractivity contribution is 5.96. The number of likely N-dealkylation sites (N-methyl/N-ethyl adjacent to an activating group) is 1. The third-order valence-electron chi connectivity index (χ3n) is 3.55. The molecular formula is C18H22N2O. The second-order valence-corrected chi connectivity index (χ2v) is 5.05. The van der Waals surface area contributed by atoms with E-state index in [0.29, 0.717) is 13.0 Å². The molecule has 0 fully saturated rings. The van der Waals surface area contributed by atoms with Crippen LogP contribution in [-0.2, 0) is 11.2 Å². The molecule has 1 amide bonds. The summed E-state index contributed by atoms with van der Waals surface area (Å²) in [5.41, 5.74) is 8.20. The zero-order valence-electron chi connectivity index (χ0n) is 12.4. The topological polar surface area (TPSA) is 46.3 Å². The van der Waals surface area contributed by atoms with Crippen molar-refractivity contribution >= 4 is 11.6 Å². The molecule has 0 saturated carbocycles. The van der Waals surface area contributed by atoms with E-state index in [1.165, 1.54) is 5.56 Å². The van der Waals surface area contributed by atoms with Crippen molar-refractivity contribution in [1.29, 1.82) is 0 Å². The number of rotatable bonds is 6. The van der Waals surface area contributed by atoms with Gasteiger partial charge in [-0.2, -0.15) is 0 Å². The van der Waals surface area contributed by atoms with Gasteiger partial charge in [0.1, 0.15) is 0 Å². The van der Waals surface area contributed by atoms with Gasteiger partial charge in [0.25, 0.3) is 0 Å². The van der Waals surface area contributed by atoms with Crippen LogP contribution in [0.3, 0.4) is 0 Å². The molecule has 110 valence electrons. The largest absolute Gasteiger partial charge is 0.320 e. The summed E-state index contributed by atoms with van der Waals surface area (Å²) in [4.78, 5) is 14.2. The average Bonchev–Trinajstić information content (AvgIpc) is 2.55. The number of anilines is 1. The molecule has 3 nitrogen and oxygen atoms in total. The molecule has 2 N–H and O–H groups in total. The van der Waals surface area contributed by atoms with E-state index < -0.39 is 6.04 Å². The van der Waals surface area contributed by atoms with Gasteiger partial charge in [-0.3, -0.25) is 4.79 Å². The number of nitrogens with two attached hydrogens (primary N) is 1. The van der Waals surface area contributed by atoms with E-state index in [-0.39, 0.29) is 5.91 Å². The van der Waals surface area contributed by atoms with Crippen LogP contribution in [0.15, 0.2) is 60.7 Å². The van der Waals surface area contributed by atoms with Crippen LogP contribution in [0.4, 0.5) is 5.69 Å². The van der Waals surface area contributed by atoms with Gasteiger partial charge in [-0.15, -0.1) is 0 Å². The van der Waals surface area contributed by atoms with Crippen LogP contribution in [0, 0.1) is 0 Å². The SMILES string of the molecule is CCN(C(=O)[C@@H](N)CCc1ccccc1)c1ccccc1. The van der Waals surface area contributed by atoms with Crippen LogP contribution in [0.1, 0.15) is 18.9 Å². The van der Waals surface area contributed by atoms with Gasteiger partial charge in [0, 0.05) is 12.2 Å². The third-order valence-corrected chi connectivity index (χ3v) is 3.55. The van der Waals surface area contributed by atoms with Gasteiger partial charge in [0.15, 0.2) is 0 Å². The number of carbonyl (C=O) groups is 1. The summed E-state index contributed by atoms with van der Waals surface area (Å²) in [6.45, 7) is 2.59. The number of aryl methyl sites for hydroxylation is 1. The van der Waals surface area contributed by atoms with Crippen molar-refractivity contribution in [3.05, 3.63) is 66.2 Å². The van der Waals surface area contributed by atoms with Crippen molar-refractivity contribution in [3.8, 4) is 0 Å². The molecule has 2 aromatic rings. The molecule has 1 atom stereocenters. The van der Waals surface area contributed by atoms with Gasteiger partial charge in [-0.05, 0) is 37.5 Å². The number of para-hydroxylation sites is 1. The van der Waals surface area contributed by atoms with Gasteiger partial charge >= 0.3 is 0 Å². The average molecular weight is 282 g/mol. The van der Waals surface area contributed by atoms with Gasteiger partial charge in [-0.1, -0.05) is 48.5 Å². The van der Waals surface area contributed by atoms with Crippen LogP contribution >= 0.6 is 0 Å². The van der Waals surface area contributed by atoms with Gasteiger partial charge in [0.2, 0.25) is 5.91 Å². The number of amides is 1. The molecule has 2 rings (SSSR count). The number of hydrogen-bond acceptors (Lipinski definition) is 2. The molecule has 2 aromatic carbocycles. The molecule has 0 radical (unpaired) electrons. The second-order valence-electron chi connectivity index (χ2n) is 5.05. The summed E-state index contributed by atoms with van der Waals surface area (Å²) in [5.74, 6) is -0.0142. The maximum absolute atomic E-state index is 12.5. The molecule has 21 heavy (non-hydrogen) atoms. The summed E-state index contributed by atoms with van der Waals surface area (Å²) in [5, 5.41) is 0. The molecular weight excluding hydrogens is 260 g/mol. The minimum atomic E-state index is -0.467. The molecule has 0 aliphatic rings. The van der Waals surface area contributed by atoms with Crippen LogP contribution in [0.5, 0.6) is 0 Å². The first kappa shape index (κ1) is 15.3. The second kappa shape index (κ2) is 7.60. The lowest BCUT2D eigenvalue weighted by Gasteiger charge is -2.24. The van der Waals surface area contributed by atoms with Gasteiger partial charge < -0.3 is 10.6 Å². The fourth-order valence-electron chi connectivity index (χ4n) is 2.36. The molecule has 3 heteroatoms. The third kappa shape index (κ3) is 4.17. The minimum Gasteiger partial charge on any atom is -0.320 e. The van der Waals surface area contributed by atoms with Crippen molar-refractivity contribution in [2.75, 3.05) is 11.4 Å². The Labute approximate surface area is 126 Å². The number of hydrogen-bond donors (Lipinski definition) is 1. The summed E-state index contributed by atoms with van der Waals surface area (Å²) < 4.78 is 0. The zero-order valence-corrected chi connectivity index (χ0v) is 12.4. The minimum absolute atomic E-state index is 0.0142. The Balaban J connectivity index is 1.97. The summed E-state index contributed by atoms with van der Waals surface area (Å²) in [6, 6.07) is 19.3. The normalized spacial score (nSPS) is 11.9. The fraction of sp³-hybridized carbons (Fsp3) is 0.278. The van der Waals surface area contributed by atoms with E-state index >= 15 is 0 Å². The van der Waals surface area contributed by atoms with E-state index in [1.807, 2.05) is 55.5 Å². The Bertz CT molecular complexity index is 554. The highest BCUT2D eigenvalue weighted by Crippen LogP contribution is 2.15. The van der Waals surface area contributed by atoms with Crippen molar-refractivity contribution in [3.63, 3.8) is 0 Å². The van der Waals surface area contributed by atoms with E-state index in [9.17, 15) is 4.79 Å². The number of carbonyl (C=O) groups excluding carboxylic acids is 1. The Morgan fingerprint density at radius 3 is 2.19 bits per heavy atom.